The molecule has 0 atom stereocenters. The number of hydrogen-bond acceptors (Lipinski definition) is 11. The van der Waals surface area contributed by atoms with Crippen molar-refractivity contribution >= 4 is 18.0 Å². The van der Waals surface area contributed by atoms with Crippen LogP contribution in [-0.2, 0) is 50.9 Å². The summed E-state index contributed by atoms with van der Waals surface area (Å²) >= 11 is 0. The molecule has 1 heterocycles. The van der Waals surface area contributed by atoms with E-state index in [0.717, 1.165) is 11.1 Å². The lowest BCUT2D eigenvalue weighted by Crippen LogP contribution is -2.62. The molecular formula is C34H46N2O11. The van der Waals surface area contributed by atoms with Gasteiger partial charge >= 0.3 is 12.1 Å². The van der Waals surface area contributed by atoms with Crippen molar-refractivity contribution < 1.29 is 52.3 Å². The average molecular weight is 659 g/mol. The third-order valence-corrected chi connectivity index (χ3v) is 7.34. The van der Waals surface area contributed by atoms with E-state index < -0.39 is 29.1 Å². The van der Waals surface area contributed by atoms with Crippen molar-refractivity contribution in [1.29, 1.82) is 0 Å². The van der Waals surface area contributed by atoms with E-state index in [0.29, 0.717) is 75.5 Å². The minimum absolute atomic E-state index is 0.0524. The molecule has 0 saturated heterocycles. The summed E-state index contributed by atoms with van der Waals surface area (Å²) in [7, 11) is 1.23. The molecular weight excluding hydrogens is 612 g/mol. The minimum Gasteiger partial charge on any atom is -0.491 e. The van der Waals surface area contributed by atoms with Crippen LogP contribution in [0.4, 0.5) is 4.79 Å². The normalized spacial score (nSPS) is 17.7. The second kappa shape index (κ2) is 17.3. The van der Waals surface area contributed by atoms with Crippen LogP contribution in [0.25, 0.3) is 11.1 Å². The molecule has 0 aromatic heterocycles. The van der Waals surface area contributed by atoms with Gasteiger partial charge in [-0.3, -0.25) is 9.59 Å². The first-order valence-corrected chi connectivity index (χ1v) is 15.8. The van der Waals surface area contributed by atoms with Crippen LogP contribution in [0.2, 0.25) is 0 Å². The van der Waals surface area contributed by atoms with Crippen LogP contribution in [0.5, 0.6) is 11.5 Å². The zero-order valence-electron chi connectivity index (χ0n) is 27.6. The Morgan fingerprint density at radius 2 is 1.17 bits per heavy atom. The molecule has 2 aliphatic rings. The predicted molar refractivity (Wildman–Crippen MR) is 171 cm³/mol. The molecule has 2 amide bonds. The van der Waals surface area contributed by atoms with Crippen molar-refractivity contribution in [3.63, 3.8) is 0 Å². The number of benzene rings is 2. The van der Waals surface area contributed by atoms with E-state index in [9.17, 15) is 14.4 Å². The molecule has 0 bridgehead atoms. The minimum atomic E-state index is -1.56. The summed E-state index contributed by atoms with van der Waals surface area (Å²) < 4.78 is 45.4. The van der Waals surface area contributed by atoms with E-state index in [1.54, 1.807) is 20.8 Å². The van der Waals surface area contributed by atoms with Gasteiger partial charge in [0.25, 0.3) is 0 Å². The summed E-state index contributed by atoms with van der Waals surface area (Å²) in [5, 5.41) is 5.52. The van der Waals surface area contributed by atoms with Crippen LogP contribution >= 0.6 is 0 Å². The maximum absolute atomic E-state index is 14.1. The molecule has 47 heavy (non-hydrogen) atoms. The fourth-order valence-electron chi connectivity index (χ4n) is 5.35. The summed E-state index contributed by atoms with van der Waals surface area (Å²) in [4.78, 5) is 39.4. The molecule has 2 aromatic rings. The lowest BCUT2D eigenvalue weighted by molar-refractivity contribution is -0.142. The van der Waals surface area contributed by atoms with Gasteiger partial charge in [-0.05, 0) is 44.0 Å². The van der Waals surface area contributed by atoms with Crippen molar-refractivity contribution in [3.05, 3.63) is 47.5 Å². The maximum Gasteiger partial charge on any atom is 0.408 e. The molecule has 4 rings (SSSR count). The molecule has 13 nitrogen and oxygen atoms in total. The lowest BCUT2D eigenvalue weighted by atomic mass is 9.85. The van der Waals surface area contributed by atoms with Gasteiger partial charge in [0.05, 0.1) is 60.0 Å². The van der Waals surface area contributed by atoms with Crippen molar-refractivity contribution in [2.24, 2.45) is 0 Å². The van der Waals surface area contributed by atoms with Crippen molar-refractivity contribution in [3.8, 4) is 22.6 Å². The highest BCUT2D eigenvalue weighted by atomic mass is 16.6. The van der Waals surface area contributed by atoms with Crippen LogP contribution in [0, 0.1) is 0 Å². The van der Waals surface area contributed by atoms with E-state index in [4.69, 9.17) is 37.9 Å². The fourth-order valence-corrected chi connectivity index (χ4v) is 5.35. The van der Waals surface area contributed by atoms with Gasteiger partial charge in [-0.25, -0.2) is 4.79 Å². The highest BCUT2D eigenvalue weighted by Crippen LogP contribution is 2.46. The second-order valence-electron chi connectivity index (χ2n) is 12.0. The molecule has 0 unspecified atom stereocenters. The first-order valence-electron chi connectivity index (χ1n) is 15.8. The molecule has 0 spiro atoms. The van der Waals surface area contributed by atoms with Gasteiger partial charge < -0.3 is 48.5 Å². The number of ether oxygens (including phenoxy) is 8. The van der Waals surface area contributed by atoms with E-state index in [2.05, 4.69) is 10.6 Å². The summed E-state index contributed by atoms with van der Waals surface area (Å²) in [6, 6.07) is 11.1. The van der Waals surface area contributed by atoms with Gasteiger partial charge in [-0.15, -0.1) is 0 Å². The molecule has 258 valence electrons. The van der Waals surface area contributed by atoms with Gasteiger partial charge in [-0.1, -0.05) is 24.3 Å². The molecule has 0 fully saturated rings. The van der Waals surface area contributed by atoms with Gasteiger partial charge in [0.15, 0.2) is 0 Å². The van der Waals surface area contributed by atoms with Crippen LogP contribution in [-0.4, -0.2) is 109 Å². The predicted octanol–water partition coefficient (Wildman–Crippen LogP) is 2.84. The molecule has 2 N–H and O–H groups in total. The number of amides is 2. The Morgan fingerprint density at radius 3 is 1.60 bits per heavy atom. The van der Waals surface area contributed by atoms with Crippen LogP contribution < -0.4 is 20.1 Å². The quantitative estimate of drug-likeness (QED) is 0.467. The maximum atomic E-state index is 14.1. The monoisotopic (exact) mass is 658 g/mol. The average Bonchev–Trinajstić information content (AvgIpc) is 3.17. The van der Waals surface area contributed by atoms with E-state index in [1.807, 2.05) is 36.4 Å². The number of carbonyl (C=O) groups is 3. The highest BCUT2D eigenvalue weighted by Gasteiger charge is 2.45. The SMILES string of the molecule is COC(=O)CNC(=O)C1(NC(=O)OC(C)(C)C)Cc2cccc3c2-c2c(cccc2OCCOCCOCCOCCOCCO3)C1. The van der Waals surface area contributed by atoms with Gasteiger partial charge in [-0.2, -0.15) is 0 Å². The van der Waals surface area contributed by atoms with Crippen LogP contribution in [0.3, 0.4) is 0 Å². The molecule has 13 heteroatoms. The number of carbonyl (C=O) groups excluding carboxylic acids is 3. The Labute approximate surface area is 275 Å². The first-order chi connectivity index (χ1) is 22.6. The molecule has 1 aliphatic carbocycles. The van der Waals surface area contributed by atoms with Gasteiger partial charge in [0, 0.05) is 24.0 Å². The van der Waals surface area contributed by atoms with Crippen LogP contribution in [0.1, 0.15) is 31.9 Å². The van der Waals surface area contributed by atoms with E-state index in [1.165, 1.54) is 7.11 Å². The van der Waals surface area contributed by atoms with Crippen molar-refractivity contribution in [1.82, 2.24) is 10.6 Å². The number of alkyl carbamates (subject to hydrolysis) is 1. The second-order valence-corrected chi connectivity index (χ2v) is 12.0. The van der Waals surface area contributed by atoms with Crippen molar-refractivity contribution in [2.45, 2.75) is 44.8 Å². The Bertz CT molecular complexity index is 1290. The Morgan fingerprint density at radius 1 is 0.723 bits per heavy atom. The van der Waals surface area contributed by atoms with Crippen molar-refractivity contribution in [2.75, 3.05) is 79.7 Å². The molecule has 2 aromatic carbocycles. The standard InChI is InChI=1S/C34H46N2O11/c1-33(2,3)47-32(39)36-34(31(38)35-23-28(37)40-4)21-24-7-5-9-26-29(24)30-25(22-34)8-6-10-27(30)46-20-18-44-16-14-42-12-11-41-13-15-43-17-19-45-26/h5-10H,11-23H2,1-4H3,(H,35,38)(H,36,39). The van der Waals surface area contributed by atoms with Crippen LogP contribution in [0.15, 0.2) is 36.4 Å². The molecule has 0 radical (unpaired) electrons. The zero-order chi connectivity index (χ0) is 33.7. The number of hydrogen-bond donors (Lipinski definition) is 2. The number of esters is 1. The number of nitrogens with one attached hydrogen (secondary N) is 2. The summed E-state index contributed by atoms with van der Waals surface area (Å²) in [5.74, 6) is -0.0829. The smallest absolute Gasteiger partial charge is 0.408 e. The van der Waals surface area contributed by atoms with Gasteiger partial charge in [0.2, 0.25) is 5.91 Å². The van der Waals surface area contributed by atoms with Gasteiger partial charge in [0.1, 0.15) is 42.4 Å². The Balaban J connectivity index is 1.77. The molecule has 1 aliphatic heterocycles. The Hall–Kier alpha value is -3.91. The summed E-state index contributed by atoms with van der Waals surface area (Å²) in [6.45, 7) is 8.59. The highest BCUT2D eigenvalue weighted by molar-refractivity contribution is 5.95. The third kappa shape index (κ3) is 10.5. The first kappa shape index (κ1) is 35.9. The topological polar surface area (TPSA) is 149 Å². The zero-order valence-corrected chi connectivity index (χ0v) is 27.6. The largest absolute Gasteiger partial charge is 0.491 e. The lowest BCUT2D eigenvalue weighted by Gasteiger charge is -2.34. The number of methoxy groups -OCH3 is 1. The van der Waals surface area contributed by atoms with E-state index >= 15 is 0 Å². The third-order valence-electron chi connectivity index (χ3n) is 7.34. The summed E-state index contributed by atoms with van der Waals surface area (Å²) in [5.41, 5.74) is 0.484. The molecule has 0 saturated carbocycles. The summed E-state index contributed by atoms with van der Waals surface area (Å²) in [6.07, 6.45) is -0.671. The Kier molecular flexibility index (Phi) is 13.2. The number of rotatable bonds is 4. The van der Waals surface area contributed by atoms with E-state index in [-0.39, 0.29) is 32.6 Å². The fraction of sp³-hybridized carbons (Fsp3) is 0.559.